The molecule has 0 spiro atoms. The van der Waals surface area contributed by atoms with Crippen LogP contribution in [0.5, 0.6) is 0 Å². The molecule has 1 aromatic heterocycles. The second-order valence-electron chi connectivity index (χ2n) is 8.59. The Hall–Kier alpha value is -0.950. The van der Waals surface area contributed by atoms with Crippen LogP contribution in [0.2, 0.25) is 0 Å². The van der Waals surface area contributed by atoms with Gasteiger partial charge in [-0.05, 0) is 54.4 Å². The Morgan fingerprint density at radius 1 is 1.31 bits per heavy atom. The van der Waals surface area contributed by atoms with Crippen molar-refractivity contribution in [2.24, 2.45) is 22.7 Å². The molecule has 1 amide bonds. The number of thiophene rings is 1. The van der Waals surface area contributed by atoms with E-state index in [2.05, 4.69) is 12.2 Å². The zero-order chi connectivity index (χ0) is 18.9. The Morgan fingerprint density at radius 2 is 2.08 bits per heavy atom. The Balaban J connectivity index is 1.73. The van der Waals surface area contributed by atoms with Gasteiger partial charge < -0.3 is 20.6 Å². The maximum absolute atomic E-state index is 12.5. The Kier molecular flexibility index (Phi) is 5.78. The van der Waals surface area contributed by atoms with Crippen LogP contribution in [0, 0.1) is 22.7 Å². The minimum Gasteiger partial charge on any atom is -0.396 e. The summed E-state index contributed by atoms with van der Waals surface area (Å²) in [6, 6.07) is 3.96. The van der Waals surface area contributed by atoms with Gasteiger partial charge in [0.05, 0.1) is 25.4 Å². The van der Waals surface area contributed by atoms with Crippen molar-refractivity contribution in [2.45, 2.75) is 64.7 Å². The first-order chi connectivity index (χ1) is 12.3. The molecule has 0 bridgehead atoms. The smallest absolute Gasteiger partial charge is 0.220 e. The summed E-state index contributed by atoms with van der Waals surface area (Å²) < 4.78 is 0. The summed E-state index contributed by atoms with van der Waals surface area (Å²) in [5, 5.41) is 36.1. The molecule has 6 atom stereocenters. The number of carbonyl (C=O) groups is 1. The average Bonchev–Trinajstić information content (AvgIpc) is 3.13. The fraction of sp³-hybridized carbons (Fsp3) is 0.750. The Bertz CT molecular complexity index is 621. The van der Waals surface area contributed by atoms with Crippen LogP contribution >= 0.6 is 11.3 Å². The van der Waals surface area contributed by atoms with Gasteiger partial charge in [0.1, 0.15) is 0 Å². The number of fused-ring (bicyclic) bond motifs is 1. The highest BCUT2D eigenvalue weighted by Crippen LogP contribution is 2.60. The molecule has 2 saturated carbocycles. The van der Waals surface area contributed by atoms with Gasteiger partial charge in [-0.25, -0.2) is 0 Å². The van der Waals surface area contributed by atoms with Crippen molar-refractivity contribution in [2.75, 3.05) is 6.61 Å². The van der Waals surface area contributed by atoms with Crippen LogP contribution < -0.4 is 5.32 Å². The summed E-state index contributed by atoms with van der Waals surface area (Å²) in [4.78, 5) is 13.7. The summed E-state index contributed by atoms with van der Waals surface area (Å²) in [6.45, 7) is 4.54. The monoisotopic (exact) mass is 381 g/mol. The van der Waals surface area contributed by atoms with Gasteiger partial charge in [0.2, 0.25) is 5.91 Å². The van der Waals surface area contributed by atoms with Crippen LogP contribution in [-0.2, 0) is 11.3 Å². The molecule has 2 aliphatic carbocycles. The molecule has 0 saturated heterocycles. The van der Waals surface area contributed by atoms with E-state index in [0.29, 0.717) is 19.4 Å². The van der Waals surface area contributed by atoms with Gasteiger partial charge in [-0.3, -0.25) is 4.79 Å². The van der Waals surface area contributed by atoms with E-state index in [1.807, 2.05) is 24.4 Å². The molecule has 6 heteroatoms. The van der Waals surface area contributed by atoms with Crippen LogP contribution in [-0.4, -0.2) is 40.0 Å². The molecule has 2 aliphatic rings. The van der Waals surface area contributed by atoms with Gasteiger partial charge in [-0.15, -0.1) is 11.3 Å². The number of rotatable bonds is 5. The molecule has 0 unspecified atom stereocenters. The van der Waals surface area contributed by atoms with E-state index < -0.39 is 17.6 Å². The summed E-state index contributed by atoms with van der Waals surface area (Å²) in [7, 11) is 0. The number of aliphatic hydroxyl groups is 3. The number of carbonyl (C=O) groups excluding carboxylic acids is 1. The van der Waals surface area contributed by atoms with Crippen LogP contribution in [0.3, 0.4) is 0 Å². The molecule has 146 valence electrons. The predicted octanol–water partition coefficient (Wildman–Crippen LogP) is 2.30. The van der Waals surface area contributed by atoms with Crippen molar-refractivity contribution in [1.82, 2.24) is 5.32 Å². The highest BCUT2D eigenvalue weighted by atomic mass is 32.1. The highest BCUT2D eigenvalue weighted by Gasteiger charge is 2.58. The number of hydrogen-bond donors (Lipinski definition) is 4. The van der Waals surface area contributed by atoms with Crippen molar-refractivity contribution in [3.8, 4) is 0 Å². The van der Waals surface area contributed by atoms with Gasteiger partial charge in [-0.2, -0.15) is 0 Å². The number of amides is 1. The standard InChI is InChI=1S/C20H31NO4S/c1-19-8-7-17(24)20(2,12-22)16(19)6-5-15(23)14(19)10-18(25)21-11-13-4-3-9-26-13/h3-4,9,14-17,22-24H,5-8,10-12H2,1-2H3,(H,21,25)/t14-,15-,16-,17-,19+,20+/m1/s1. The number of aliphatic hydroxyl groups excluding tert-OH is 3. The fourth-order valence-electron chi connectivity index (χ4n) is 5.47. The molecule has 26 heavy (non-hydrogen) atoms. The van der Waals surface area contributed by atoms with Crippen molar-refractivity contribution >= 4 is 17.2 Å². The molecule has 0 aliphatic heterocycles. The van der Waals surface area contributed by atoms with Gasteiger partial charge in [0.15, 0.2) is 0 Å². The maximum Gasteiger partial charge on any atom is 0.220 e. The normalized spacial score (nSPS) is 40.0. The molecule has 1 aromatic rings. The topological polar surface area (TPSA) is 89.8 Å². The summed E-state index contributed by atoms with van der Waals surface area (Å²) in [6.07, 6.45) is 2.01. The van der Waals surface area contributed by atoms with E-state index in [-0.39, 0.29) is 36.2 Å². The molecular weight excluding hydrogens is 350 g/mol. The van der Waals surface area contributed by atoms with Crippen molar-refractivity contribution in [3.05, 3.63) is 22.4 Å². The van der Waals surface area contributed by atoms with Crippen molar-refractivity contribution in [3.63, 3.8) is 0 Å². The highest BCUT2D eigenvalue weighted by molar-refractivity contribution is 7.09. The first-order valence-electron chi connectivity index (χ1n) is 9.57. The lowest BCUT2D eigenvalue weighted by molar-refractivity contribution is -0.185. The fourth-order valence-corrected chi connectivity index (χ4v) is 6.12. The molecule has 2 fully saturated rings. The molecule has 5 nitrogen and oxygen atoms in total. The van der Waals surface area contributed by atoms with E-state index in [0.717, 1.165) is 17.7 Å². The molecule has 3 rings (SSSR count). The van der Waals surface area contributed by atoms with Gasteiger partial charge in [0, 0.05) is 16.7 Å². The lowest BCUT2D eigenvalue weighted by atomic mass is 9.46. The SMILES string of the molecule is C[C@]1(CO)[C@@H]2CC[C@@H](O)[C@@H](CC(=O)NCc3cccs3)[C@]2(C)CC[C@H]1O. The molecular formula is C20H31NO4S. The summed E-state index contributed by atoms with van der Waals surface area (Å²) in [5.41, 5.74) is -0.826. The van der Waals surface area contributed by atoms with E-state index in [1.54, 1.807) is 11.3 Å². The Morgan fingerprint density at radius 3 is 2.73 bits per heavy atom. The quantitative estimate of drug-likeness (QED) is 0.630. The third-order valence-electron chi connectivity index (χ3n) is 7.16. The van der Waals surface area contributed by atoms with Gasteiger partial charge in [-0.1, -0.05) is 19.9 Å². The zero-order valence-electron chi connectivity index (χ0n) is 15.6. The molecule has 0 aromatic carbocycles. The lowest BCUT2D eigenvalue weighted by Gasteiger charge is -2.60. The van der Waals surface area contributed by atoms with E-state index in [4.69, 9.17) is 0 Å². The average molecular weight is 382 g/mol. The van der Waals surface area contributed by atoms with Gasteiger partial charge in [0.25, 0.3) is 0 Å². The summed E-state index contributed by atoms with van der Waals surface area (Å²) >= 11 is 1.61. The van der Waals surface area contributed by atoms with Crippen LogP contribution in [0.1, 0.15) is 50.8 Å². The van der Waals surface area contributed by atoms with E-state index >= 15 is 0 Å². The second kappa shape index (κ2) is 7.58. The number of hydrogen-bond acceptors (Lipinski definition) is 5. The first kappa shape index (κ1) is 19.8. The third kappa shape index (κ3) is 3.44. The third-order valence-corrected chi connectivity index (χ3v) is 8.03. The minimum atomic E-state index is -0.571. The molecule has 1 heterocycles. The summed E-state index contributed by atoms with van der Waals surface area (Å²) in [5.74, 6) is -0.0913. The Labute approximate surface area is 159 Å². The van der Waals surface area contributed by atoms with Crippen LogP contribution in [0.4, 0.5) is 0 Å². The predicted molar refractivity (Wildman–Crippen MR) is 102 cm³/mol. The van der Waals surface area contributed by atoms with E-state index in [1.165, 1.54) is 0 Å². The van der Waals surface area contributed by atoms with Gasteiger partial charge >= 0.3 is 0 Å². The van der Waals surface area contributed by atoms with Crippen molar-refractivity contribution in [1.29, 1.82) is 0 Å². The number of nitrogens with one attached hydrogen (secondary N) is 1. The minimum absolute atomic E-state index is 0.0406. The van der Waals surface area contributed by atoms with E-state index in [9.17, 15) is 20.1 Å². The van der Waals surface area contributed by atoms with Crippen molar-refractivity contribution < 1.29 is 20.1 Å². The van der Waals surface area contributed by atoms with Crippen LogP contribution in [0.25, 0.3) is 0 Å². The second-order valence-corrected chi connectivity index (χ2v) is 9.62. The maximum atomic E-state index is 12.5. The largest absolute Gasteiger partial charge is 0.396 e. The molecule has 0 radical (unpaired) electrons. The lowest BCUT2D eigenvalue weighted by Crippen LogP contribution is -2.60. The molecule has 4 N–H and O–H groups in total. The zero-order valence-corrected chi connectivity index (χ0v) is 16.5. The van der Waals surface area contributed by atoms with Crippen LogP contribution in [0.15, 0.2) is 17.5 Å². The first-order valence-corrected chi connectivity index (χ1v) is 10.5.